The summed E-state index contributed by atoms with van der Waals surface area (Å²) in [7, 11) is 3.24. The van der Waals surface area contributed by atoms with E-state index in [4.69, 9.17) is 4.52 Å². The van der Waals surface area contributed by atoms with Gasteiger partial charge in [-0.3, -0.25) is 14.7 Å². The van der Waals surface area contributed by atoms with Crippen LogP contribution in [0.2, 0.25) is 0 Å². The minimum absolute atomic E-state index is 0.239. The van der Waals surface area contributed by atoms with E-state index in [1.54, 1.807) is 6.20 Å². The van der Waals surface area contributed by atoms with E-state index in [9.17, 15) is 4.79 Å². The van der Waals surface area contributed by atoms with Crippen molar-refractivity contribution in [3.05, 3.63) is 30.3 Å². The van der Waals surface area contributed by atoms with Crippen molar-refractivity contribution in [2.75, 3.05) is 20.7 Å². The molecule has 0 saturated heterocycles. The van der Waals surface area contributed by atoms with Crippen LogP contribution in [0, 0.1) is 0 Å². The van der Waals surface area contributed by atoms with Gasteiger partial charge in [-0.15, -0.1) is 0 Å². The lowest BCUT2D eigenvalue weighted by atomic mass is 10.3. The van der Waals surface area contributed by atoms with Crippen LogP contribution in [0.4, 0.5) is 0 Å². The van der Waals surface area contributed by atoms with E-state index in [1.807, 2.05) is 30.1 Å². The highest BCUT2D eigenvalue weighted by molar-refractivity contribution is 5.69. The monoisotopic (exact) mass is 276 g/mol. The molecule has 0 N–H and O–H groups in total. The average Bonchev–Trinajstić information content (AvgIpc) is 2.94. The molecular formula is C13H16N4O3. The Bertz CT molecular complexity index is 556. The molecule has 0 unspecified atom stereocenters. The number of pyridine rings is 1. The second-order valence-corrected chi connectivity index (χ2v) is 4.29. The van der Waals surface area contributed by atoms with Crippen LogP contribution in [0.1, 0.15) is 12.3 Å². The van der Waals surface area contributed by atoms with E-state index in [2.05, 4.69) is 19.9 Å². The SMILES string of the molecule is COC(=O)CCN(C)Cc1nc(-c2ccccn2)no1. The molecule has 0 aliphatic rings. The molecular weight excluding hydrogens is 260 g/mol. The molecule has 0 radical (unpaired) electrons. The highest BCUT2D eigenvalue weighted by atomic mass is 16.5. The lowest BCUT2D eigenvalue weighted by Gasteiger charge is -2.12. The second-order valence-electron chi connectivity index (χ2n) is 4.29. The Hall–Kier alpha value is -2.28. The summed E-state index contributed by atoms with van der Waals surface area (Å²) in [6.07, 6.45) is 2.00. The van der Waals surface area contributed by atoms with E-state index >= 15 is 0 Å². The molecule has 0 aromatic carbocycles. The van der Waals surface area contributed by atoms with Crippen molar-refractivity contribution in [2.24, 2.45) is 0 Å². The molecule has 0 spiro atoms. The van der Waals surface area contributed by atoms with Gasteiger partial charge in [0.25, 0.3) is 0 Å². The third-order valence-electron chi connectivity index (χ3n) is 2.69. The fourth-order valence-electron chi connectivity index (χ4n) is 1.61. The van der Waals surface area contributed by atoms with Crippen LogP contribution >= 0.6 is 0 Å². The Kier molecular flexibility index (Phi) is 4.78. The largest absolute Gasteiger partial charge is 0.469 e. The Balaban J connectivity index is 1.91. The number of carbonyl (C=O) groups is 1. The summed E-state index contributed by atoms with van der Waals surface area (Å²) >= 11 is 0. The van der Waals surface area contributed by atoms with Crippen LogP contribution in [0.3, 0.4) is 0 Å². The first-order chi connectivity index (χ1) is 9.69. The Labute approximate surface area is 116 Å². The van der Waals surface area contributed by atoms with Crippen molar-refractivity contribution in [2.45, 2.75) is 13.0 Å². The normalized spacial score (nSPS) is 10.8. The van der Waals surface area contributed by atoms with Crippen molar-refractivity contribution in [1.29, 1.82) is 0 Å². The fraction of sp³-hybridized carbons (Fsp3) is 0.385. The molecule has 20 heavy (non-hydrogen) atoms. The summed E-state index contributed by atoms with van der Waals surface area (Å²) in [5, 5.41) is 3.88. The summed E-state index contributed by atoms with van der Waals surface area (Å²) < 4.78 is 9.75. The van der Waals surface area contributed by atoms with Crippen molar-refractivity contribution in [1.82, 2.24) is 20.0 Å². The molecule has 0 aliphatic heterocycles. The van der Waals surface area contributed by atoms with Crippen LogP contribution in [0.5, 0.6) is 0 Å². The van der Waals surface area contributed by atoms with Gasteiger partial charge >= 0.3 is 5.97 Å². The highest BCUT2D eigenvalue weighted by Crippen LogP contribution is 2.12. The van der Waals surface area contributed by atoms with Gasteiger partial charge in [0.2, 0.25) is 11.7 Å². The highest BCUT2D eigenvalue weighted by Gasteiger charge is 2.12. The van der Waals surface area contributed by atoms with E-state index in [0.717, 1.165) is 0 Å². The molecule has 106 valence electrons. The maximum atomic E-state index is 11.0. The standard InChI is InChI=1S/C13H16N4O3/c1-17(8-6-12(18)19-2)9-11-15-13(16-20-11)10-5-3-4-7-14-10/h3-5,7H,6,8-9H2,1-2H3. The maximum absolute atomic E-state index is 11.0. The zero-order valence-electron chi connectivity index (χ0n) is 11.4. The Morgan fingerprint density at radius 2 is 2.30 bits per heavy atom. The molecule has 2 aromatic heterocycles. The first-order valence-corrected chi connectivity index (χ1v) is 6.18. The first-order valence-electron chi connectivity index (χ1n) is 6.18. The van der Waals surface area contributed by atoms with Crippen LogP contribution in [-0.4, -0.2) is 46.7 Å². The Morgan fingerprint density at radius 1 is 1.45 bits per heavy atom. The molecule has 2 aromatic rings. The maximum Gasteiger partial charge on any atom is 0.306 e. The number of carbonyl (C=O) groups excluding carboxylic acids is 1. The van der Waals surface area contributed by atoms with Crippen molar-refractivity contribution < 1.29 is 14.1 Å². The van der Waals surface area contributed by atoms with Gasteiger partial charge in [0, 0.05) is 12.7 Å². The number of ether oxygens (including phenoxy) is 1. The van der Waals surface area contributed by atoms with Gasteiger partial charge < -0.3 is 9.26 Å². The van der Waals surface area contributed by atoms with Gasteiger partial charge in [0.15, 0.2) is 0 Å². The zero-order chi connectivity index (χ0) is 14.4. The van der Waals surface area contributed by atoms with Gasteiger partial charge in [-0.2, -0.15) is 4.98 Å². The number of nitrogens with zero attached hydrogens (tertiary/aromatic N) is 4. The molecule has 0 aliphatic carbocycles. The zero-order valence-corrected chi connectivity index (χ0v) is 11.4. The van der Waals surface area contributed by atoms with E-state index in [-0.39, 0.29) is 5.97 Å². The third kappa shape index (κ3) is 3.86. The number of rotatable bonds is 6. The van der Waals surface area contributed by atoms with Crippen LogP contribution in [0.15, 0.2) is 28.9 Å². The molecule has 2 heterocycles. The summed E-state index contributed by atoms with van der Waals surface area (Å²) in [5.41, 5.74) is 0.666. The van der Waals surface area contributed by atoms with Crippen molar-refractivity contribution in [3.63, 3.8) is 0 Å². The number of hydrogen-bond acceptors (Lipinski definition) is 7. The quantitative estimate of drug-likeness (QED) is 0.731. The van der Waals surface area contributed by atoms with Gasteiger partial charge in [-0.05, 0) is 19.2 Å². The summed E-state index contributed by atoms with van der Waals surface area (Å²) in [4.78, 5) is 21.4. The molecule has 7 heteroatoms. The van der Waals surface area contributed by atoms with Gasteiger partial charge in [0.1, 0.15) is 5.69 Å². The van der Waals surface area contributed by atoms with Crippen molar-refractivity contribution >= 4 is 5.97 Å². The van der Waals surface area contributed by atoms with E-state index in [0.29, 0.717) is 36.9 Å². The first kappa shape index (κ1) is 14.1. The Morgan fingerprint density at radius 3 is 3.00 bits per heavy atom. The van der Waals surface area contributed by atoms with Gasteiger partial charge in [0.05, 0.1) is 20.1 Å². The smallest absolute Gasteiger partial charge is 0.306 e. The predicted molar refractivity (Wildman–Crippen MR) is 70.5 cm³/mol. The van der Waals surface area contributed by atoms with Crippen molar-refractivity contribution in [3.8, 4) is 11.5 Å². The molecule has 0 saturated carbocycles. The molecule has 2 rings (SSSR count). The van der Waals surface area contributed by atoms with E-state index < -0.39 is 0 Å². The molecule has 0 fully saturated rings. The summed E-state index contributed by atoms with van der Waals surface area (Å²) in [6.45, 7) is 1.03. The number of esters is 1. The lowest BCUT2D eigenvalue weighted by molar-refractivity contribution is -0.140. The summed E-state index contributed by atoms with van der Waals surface area (Å²) in [6, 6.07) is 5.50. The minimum Gasteiger partial charge on any atom is -0.469 e. The average molecular weight is 276 g/mol. The number of aromatic nitrogens is 3. The van der Waals surface area contributed by atoms with Crippen LogP contribution in [-0.2, 0) is 16.1 Å². The molecule has 0 bridgehead atoms. The topological polar surface area (TPSA) is 81.4 Å². The van der Waals surface area contributed by atoms with Crippen LogP contribution in [0.25, 0.3) is 11.5 Å². The van der Waals surface area contributed by atoms with Crippen LogP contribution < -0.4 is 0 Å². The fourth-order valence-corrected chi connectivity index (χ4v) is 1.61. The van der Waals surface area contributed by atoms with Gasteiger partial charge in [-0.1, -0.05) is 11.2 Å². The van der Waals surface area contributed by atoms with Gasteiger partial charge in [-0.25, -0.2) is 0 Å². The second kappa shape index (κ2) is 6.76. The minimum atomic E-state index is -0.239. The lowest BCUT2D eigenvalue weighted by Crippen LogP contribution is -2.22. The number of hydrogen-bond donors (Lipinski definition) is 0. The molecule has 0 amide bonds. The number of methoxy groups -OCH3 is 1. The summed E-state index contributed by atoms with van der Waals surface area (Å²) in [5.74, 6) is 0.705. The molecule has 0 atom stereocenters. The molecule has 7 nitrogen and oxygen atoms in total. The predicted octanol–water partition coefficient (Wildman–Crippen LogP) is 1.13. The third-order valence-corrected chi connectivity index (χ3v) is 2.69. The van der Waals surface area contributed by atoms with E-state index in [1.165, 1.54) is 7.11 Å².